The molecule has 1 aromatic rings. The Morgan fingerprint density at radius 3 is 2.62 bits per heavy atom. The Balaban J connectivity index is 2.19. The third-order valence-corrected chi connectivity index (χ3v) is 3.47. The summed E-state index contributed by atoms with van der Waals surface area (Å²) in [5.41, 5.74) is 0.378. The number of hydrogen-bond donors (Lipinski definition) is 0. The van der Waals surface area contributed by atoms with Crippen LogP contribution in [0.5, 0.6) is 0 Å². The highest BCUT2D eigenvalue weighted by atomic mass is 127. The predicted octanol–water partition coefficient (Wildman–Crippen LogP) is 3.04. The van der Waals surface area contributed by atoms with E-state index in [1.807, 2.05) is 22.6 Å². The SMILES string of the molecule is O=C(c1cc(Cl)ccc1I)N1CC(F)(F)C1. The monoisotopic (exact) mass is 357 g/mol. The Kier molecular flexibility index (Phi) is 3.09. The number of hydrogen-bond acceptors (Lipinski definition) is 1. The summed E-state index contributed by atoms with van der Waals surface area (Å²) in [5, 5.41) is 0.427. The minimum Gasteiger partial charge on any atom is -0.326 e. The fourth-order valence-electron chi connectivity index (χ4n) is 1.49. The van der Waals surface area contributed by atoms with E-state index >= 15 is 0 Å². The maximum absolute atomic E-state index is 12.6. The second-order valence-electron chi connectivity index (χ2n) is 3.64. The molecule has 0 aliphatic carbocycles. The highest BCUT2D eigenvalue weighted by molar-refractivity contribution is 14.1. The number of amides is 1. The van der Waals surface area contributed by atoms with Crippen LogP contribution in [0.2, 0.25) is 5.02 Å². The molecule has 6 heteroatoms. The summed E-state index contributed by atoms with van der Waals surface area (Å²) < 4.78 is 26.0. The molecule has 1 aromatic carbocycles. The molecule has 1 saturated heterocycles. The molecule has 0 N–H and O–H groups in total. The molecule has 0 saturated carbocycles. The quantitative estimate of drug-likeness (QED) is 0.708. The van der Waals surface area contributed by atoms with Crippen LogP contribution in [0.1, 0.15) is 10.4 Å². The first-order valence-corrected chi connectivity index (χ1v) is 5.97. The van der Waals surface area contributed by atoms with Crippen LogP contribution < -0.4 is 0 Å². The third-order valence-electron chi connectivity index (χ3n) is 2.29. The van der Waals surface area contributed by atoms with E-state index in [1.165, 1.54) is 6.07 Å². The van der Waals surface area contributed by atoms with E-state index in [-0.39, 0.29) is 0 Å². The van der Waals surface area contributed by atoms with Gasteiger partial charge in [-0.15, -0.1) is 0 Å². The number of carbonyl (C=O) groups excluding carboxylic acids is 1. The van der Waals surface area contributed by atoms with E-state index in [0.717, 1.165) is 4.90 Å². The molecule has 1 aliphatic rings. The molecule has 1 amide bonds. The normalized spacial score (nSPS) is 18.1. The van der Waals surface area contributed by atoms with Gasteiger partial charge >= 0.3 is 0 Å². The first kappa shape index (κ1) is 12.0. The van der Waals surface area contributed by atoms with E-state index in [0.29, 0.717) is 14.2 Å². The summed E-state index contributed by atoms with van der Waals surface area (Å²) >= 11 is 7.74. The van der Waals surface area contributed by atoms with Crippen LogP contribution in [0.15, 0.2) is 18.2 Å². The topological polar surface area (TPSA) is 20.3 Å². The van der Waals surface area contributed by atoms with Gasteiger partial charge in [-0.3, -0.25) is 4.79 Å². The van der Waals surface area contributed by atoms with Crippen molar-refractivity contribution >= 4 is 40.1 Å². The average Bonchev–Trinajstić information content (AvgIpc) is 2.17. The zero-order chi connectivity index (χ0) is 11.9. The molecule has 0 atom stereocenters. The van der Waals surface area contributed by atoms with Crippen LogP contribution >= 0.6 is 34.2 Å². The van der Waals surface area contributed by atoms with Gasteiger partial charge in [-0.1, -0.05) is 11.6 Å². The van der Waals surface area contributed by atoms with Crippen LogP contribution in [-0.4, -0.2) is 29.8 Å². The van der Waals surface area contributed by atoms with Crippen molar-refractivity contribution in [2.75, 3.05) is 13.1 Å². The fraction of sp³-hybridized carbons (Fsp3) is 0.300. The van der Waals surface area contributed by atoms with Crippen molar-refractivity contribution in [3.63, 3.8) is 0 Å². The fourth-order valence-corrected chi connectivity index (χ4v) is 2.23. The molecule has 1 fully saturated rings. The minimum atomic E-state index is -2.74. The van der Waals surface area contributed by atoms with Crippen molar-refractivity contribution in [3.8, 4) is 0 Å². The molecule has 86 valence electrons. The molecule has 0 bridgehead atoms. The van der Waals surface area contributed by atoms with Crippen LogP contribution in [0, 0.1) is 3.57 Å². The molecule has 0 radical (unpaired) electrons. The van der Waals surface area contributed by atoms with Gasteiger partial charge in [0.05, 0.1) is 18.7 Å². The highest BCUT2D eigenvalue weighted by Gasteiger charge is 2.46. The molecule has 0 aromatic heterocycles. The van der Waals surface area contributed by atoms with Gasteiger partial charge in [-0.25, -0.2) is 8.78 Å². The Labute approximate surface area is 110 Å². The lowest BCUT2D eigenvalue weighted by molar-refractivity contribution is -0.113. The summed E-state index contributed by atoms with van der Waals surface area (Å²) in [6, 6.07) is 4.85. The summed E-state index contributed by atoms with van der Waals surface area (Å²) in [4.78, 5) is 12.9. The summed E-state index contributed by atoms with van der Waals surface area (Å²) in [5.74, 6) is -3.13. The second kappa shape index (κ2) is 4.10. The number of rotatable bonds is 1. The lowest BCUT2D eigenvalue weighted by Gasteiger charge is -2.38. The summed E-state index contributed by atoms with van der Waals surface area (Å²) in [6.45, 7) is -1.01. The Morgan fingerprint density at radius 1 is 1.44 bits per heavy atom. The Morgan fingerprint density at radius 2 is 2.06 bits per heavy atom. The largest absolute Gasteiger partial charge is 0.326 e. The average molecular weight is 358 g/mol. The standard InChI is InChI=1S/C10H7ClF2INO/c11-6-1-2-8(14)7(3-6)9(16)15-4-10(12,13)5-15/h1-3H,4-5H2. The van der Waals surface area contributed by atoms with Crippen LogP contribution in [0.25, 0.3) is 0 Å². The molecule has 16 heavy (non-hydrogen) atoms. The van der Waals surface area contributed by atoms with Crippen molar-refractivity contribution in [1.82, 2.24) is 4.90 Å². The number of benzene rings is 1. The van der Waals surface area contributed by atoms with Crippen LogP contribution in [0.4, 0.5) is 8.78 Å². The van der Waals surface area contributed by atoms with Gasteiger partial charge in [0.1, 0.15) is 0 Å². The third kappa shape index (κ3) is 2.29. The zero-order valence-corrected chi connectivity index (χ0v) is 10.9. The maximum atomic E-state index is 12.6. The smallest absolute Gasteiger partial charge is 0.282 e. The number of nitrogens with zero attached hydrogens (tertiary/aromatic N) is 1. The van der Waals surface area contributed by atoms with E-state index in [1.54, 1.807) is 12.1 Å². The molecule has 2 rings (SSSR count). The Hall–Kier alpha value is -0.430. The van der Waals surface area contributed by atoms with Gasteiger partial charge in [-0.05, 0) is 40.8 Å². The molecule has 0 spiro atoms. The molecular formula is C10H7ClF2INO. The van der Waals surface area contributed by atoms with Crippen molar-refractivity contribution in [2.45, 2.75) is 5.92 Å². The predicted molar refractivity (Wildman–Crippen MR) is 65.0 cm³/mol. The zero-order valence-electron chi connectivity index (χ0n) is 8.01. The minimum absolute atomic E-state index is 0.378. The maximum Gasteiger partial charge on any atom is 0.282 e. The van der Waals surface area contributed by atoms with E-state index < -0.39 is 24.9 Å². The van der Waals surface area contributed by atoms with Crippen LogP contribution in [0.3, 0.4) is 0 Å². The Bertz CT molecular complexity index is 444. The molecular weight excluding hydrogens is 350 g/mol. The molecule has 0 unspecified atom stereocenters. The van der Waals surface area contributed by atoms with Crippen molar-refractivity contribution in [3.05, 3.63) is 32.4 Å². The molecule has 2 nitrogen and oxygen atoms in total. The first-order valence-electron chi connectivity index (χ1n) is 4.51. The number of halogens is 4. The van der Waals surface area contributed by atoms with E-state index in [4.69, 9.17) is 11.6 Å². The second-order valence-corrected chi connectivity index (χ2v) is 5.24. The van der Waals surface area contributed by atoms with Gasteiger partial charge in [0.15, 0.2) is 0 Å². The summed E-state index contributed by atoms with van der Waals surface area (Å²) in [7, 11) is 0. The van der Waals surface area contributed by atoms with Gasteiger partial charge < -0.3 is 4.90 Å². The van der Waals surface area contributed by atoms with E-state index in [2.05, 4.69) is 0 Å². The summed E-state index contributed by atoms with van der Waals surface area (Å²) in [6.07, 6.45) is 0. The first-order chi connectivity index (χ1) is 7.39. The van der Waals surface area contributed by atoms with E-state index in [9.17, 15) is 13.6 Å². The van der Waals surface area contributed by atoms with Gasteiger partial charge in [0.25, 0.3) is 11.8 Å². The van der Waals surface area contributed by atoms with Crippen molar-refractivity contribution in [2.24, 2.45) is 0 Å². The van der Waals surface area contributed by atoms with Gasteiger partial charge in [0.2, 0.25) is 0 Å². The highest BCUT2D eigenvalue weighted by Crippen LogP contribution is 2.29. The van der Waals surface area contributed by atoms with Crippen LogP contribution in [-0.2, 0) is 0 Å². The van der Waals surface area contributed by atoms with Crippen molar-refractivity contribution < 1.29 is 13.6 Å². The lowest BCUT2D eigenvalue weighted by Crippen LogP contribution is -2.58. The number of likely N-dealkylation sites (tertiary alicyclic amines) is 1. The molecule has 1 aliphatic heterocycles. The number of carbonyl (C=O) groups is 1. The number of alkyl halides is 2. The molecule has 1 heterocycles. The van der Waals surface area contributed by atoms with Crippen molar-refractivity contribution in [1.29, 1.82) is 0 Å². The lowest BCUT2D eigenvalue weighted by atomic mass is 10.1. The van der Waals surface area contributed by atoms with Gasteiger partial charge in [0, 0.05) is 8.59 Å². The van der Waals surface area contributed by atoms with Gasteiger partial charge in [-0.2, -0.15) is 0 Å².